The Morgan fingerprint density at radius 2 is 2.05 bits per heavy atom. The molecule has 1 N–H and O–H groups in total. The second-order valence-corrected chi connectivity index (χ2v) is 5.14. The Balaban J connectivity index is 1.79. The van der Waals surface area contributed by atoms with Gasteiger partial charge in [0.1, 0.15) is 0 Å². The molecule has 6 nitrogen and oxygen atoms in total. The molecule has 0 atom stereocenters. The maximum Gasteiger partial charge on any atom is 0.289 e. The molecule has 1 aromatic heterocycles. The summed E-state index contributed by atoms with van der Waals surface area (Å²) in [6.45, 7) is 6.78. The Labute approximate surface area is 128 Å². The second kappa shape index (κ2) is 7.28. The minimum Gasteiger partial charge on any atom is -0.440 e. The van der Waals surface area contributed by atoms with Crippen molar-refractivity contribution < 1.29 is 14.0 Å². The van der Waals surface area contributed by atoms with Crippen LogP contribution in [-0.2, 0) is 4.79 Å². The quantitative estimate of drug-likeness (QED) is 0.824. The molecule has 0 unspecified atom stereocenters. The van der Waals surface area contributed by atoms with E-state index in [0.717, 1.165) is 0 Å². The van der Waals surface area contributed by atoms with Crippen LogP contribution in [0.25, 0.3) is 0 Å². The molecule has 2 heterocycles. The van der Waals surface area contributed by atoms with Crippen molar-refractivity contribution in [2.24, 2.45) is 0 Å². The smallest absolute Gasteiger partial charge is 0.289 e. The van der Waals surface area contributed by atoms with Gasteiger partial charge >= 0.3 is 0 Å². The molecule has 0 spiro atoms. The number of hydrogen-bond acceptors (Lipinski definition) is 4. The molecular formula is C14H18ClN3O3. The SMILES string of the molecule is C=CCNC(=O)CN1CCN(C(=O)c2ccc(Cl)o2)CC1. The number of nitrogens with zero attached hydrogens (tertiary/aromatic N) is 2. The fraction of sp³-hybridized carbons (Fsp3) is 0.429. The van der Waals surface area contributed by atoms with Gasteiger partial charge < -0.3 is 14.6 Å². The van der Waals surface area contributed by atoms with Crippen molar-refractivity contribution in [2.75, 3.05) is 39.3 Å². The van der Waals surface area contributed by atoms with Crippen LogP contribution in [0.4, 0.5) is 0 Å². The Morgan fingerprint density at radius 1 is 1.33 bits per heavy atom. The van der Waals surface area contributed by atoms with Crippen molar-refractivity contribution in [3.63, 3.8) is 0 Å². The zero-order valence-electron chi connectivity index (χ0n) is 11.7. The molecule has 2 rings (SSSR count). The number of rotatable bonds is 5. The van der Waals surface area contributed by atoms with E-state index in [2.05, 4.69) is 11.9 Å². The van der Waals surface area contributed by atoms with Crippen molar-refractivity contribution in [1.82, 2.24) is 15.1 Å². The highest BCUT2D eigenvalue weighted by Crippen LogP contribution is 2.16. The highest BCUT2D eigenvalue weighted by atomic mass is 35.5. The average Bonchev–Trinajstić information content (AvgIpc) is 2.92. The lowest BCUT2D eigenvalue weighted by Crippen LogP contribution is -2.51. The lowest BCUT2D eigenvalue weighted by atomic mass is 10.3. The summed E-state index contributed by atoms with van der Waals surface area (Å²) in [5.74, 6) is 0.0438. The van der Waals surface area contributed by atoms with Gasteiger partial charge in [-0.1, -0.05) is 6.08 Å². The van der Waals surface area contributed by atoms with Gasteiger partial charge in [-0.05, 0) is 23.7 Å². The van der Waals surface area contributed by atoms with Crippen LogP contribution in [0.1, 0.15) is 10.6 Å². The Hall–Kier alpha value is -1.79. The van der Waals surface area contributed by atoms with E-state index < -0.39 is 0 Å². The highest BCUT2D eigenvalue weighted by molar-refractivity contribution is 6.29. The van der Waals surface area contributed by atoms with Gasteiger partial charge in [-0.25, -0.2) is 0 Å². The predicted octanol–water partition coefficient (Wildman–Crippen LogP) is 0.993. The Kier molecular flexibility index (Phi) is 5.41. The summed E-state index contributed by atoms with van der Waals surface area (Å²) >= 11 is 5.67. The number of piperazine rings is 1. The summed E-state index contributed by atoms with van der Waals surface area (Å²) < 4.78 is 5.12. The van der Waals surface area contributed by atoms with Crippen molar-refractivity contribution >= 4 is 23.4 Å². The largest absolute Gasteiger partial charge is 0.440 e. The van der Waals surface area contributed by atoms with E-state index in [-0.39, 0.29) is 22.8 Å². The summed E-state index contributed by atoms with van der Waals surface area (Å²) in [4.78, 5) is 27.5. The van der Waals surface area contributed by atoms with Crippen LogP contribution in [0.15, 0.2) is 29.2 Å². The van der Waals surface area contributed by atoms with Gasteiger partial charge in [0.2, 0.25) is 5.91 Å². The van der Waals surface area contributed by atoms with E-state index >= 15 is 0 Å². The third kappa shape index (κ3) is 4.34. The van der Waals surface area contributed by atoms with Gasteiger partial charge in [0, 0.05) is 32.7 Å². The summed E-state index contributed by atoms with van der Waals surface area (Å²) in [5, 5.41) is 2.94. The van der Waals surface area contributed by atoms with Gasteiger partial charge in [-0.15, -0.1) is 6.58 Å². The summed E-state index contributed by atoms with van der Waals surface area (Å²) in [6.07, 6.45) is 1.64. The molecule has 21 heavy (non-hydrogen) atoms. The van der Waals surface area contributed by atoms with Crippen molar-refractivity contribution in [2.45, 2.75) is 0 Å². The van der Waals surface area contributed by atoms with Crippen LogP contribution < -0.4 is 5.32 Å². The molecule has 0 radical (unpaired) electrons. The molecule has 2 amide bonds. The molecule has 1 aliphatic rings. The topological polar surface area (TPSA) is 65.8 Å². The van der Waals surface area contributed by atoms with E-state index in [4.69, 9.17) is 16.0 Å². The van der Waals surface area contributed by atoms with Crippen LogP contribution in [-0.4, -0.2) is 60.9 Å². The molecule has 0 bridgehead atoms. The van der Waals surface area contributed by atoms with Gasteiger partial charge in [0.05, 0.1) is 6.54 Å². The van der Waals surface area contributed by atoms with Crippen LogP contribution in [0.2, 0.25) is 5.22 Å². The normalized spacial score (nSPS) is 15.8. The molecule has 114 valence electrons. The lowest BCUT2D eigenvalue weighted by molar-refractivity contribution is -0.122. The number of carbonyl (C=O) groups is 2. The maximum absolute atomic E-state index is 12.1. The zero-order valence-corrected chi connectivity index (χ0v) is 12.4. The standard InChI is InChI=1S/C14H18ClN3O3/c1-2-5-16-13(19)10-17-6-8-18(9-7-17)14(20)11-3-4-12(15)21-11/h2-4H,1,5-10H2,(H,16,19). The van der Waals surface area contributed by atoms with E-state index in [1.54, 1.807) is 23.1 Å². The number of nitrogens with one attached hydrogen (secondary N) is 1. The Morgan fingerprint density at radius 3 is 2.62 bits per heavy atom. The third-order valence-electron chi connectivity index (χ3n) is 3.25. The number of furan rings is 1. The number of carbonyl (C=O) groups excluding carboxylic acids is 2. The first-order valence-corrected chi connectivity index (χ1v) is 7.12. The molecule has 1 saturated heterocycles. The summed E-state index contributed by atoms with van der Waals surface area (Å²) in [5.41, 5.74) is 0. The zero-order chi connectivity index (χ0) is 15.2. The molecule has 0 aromatic carbocycles. The molecule has 0 aliphatic carbocycles. The Bertz CT molecular complexity index is 521. The fourth-order valence-electron chi connectivity index (χ4n) is 2.14. The minimum atomic E-state index is -0.169. The van der Waals surface area contributed by atoms with Crippen LogP contribution in [0.3, 0.4) is 0 Å². The summed E-state index contributed by atoms with van der Waals surface area (Å²) in [6, 6.07) is 3.12. The van der Waals surface area contributed by atoms with Gasteiger partial charge in [-0.2, -0.15) is 0 Å². The first-order chi connectivity index (χ1) is 10.1. The van der Waals surface area contributed by atoms with E-state index in [1.807, 2.05) is 4.90 Å². The van der Waals surface area contributed by atoms with Crippen molar-refractivity contribution in [3.05, 3.63) is 35.8 Å². The van der Waals surface area contributed by atoms with E-state index in [0.29, 0.717) is 39.3 Å². The van der Waals surface area contributed by atoms with Crippen molar-refractivity contribution in [1.29, 1.82) is 0 Å². The fourth-order valence-corrected chi connectivity index (χ4v) is 2.29. The minimum absolute atomic E-state index is 0.0347. The van der Waals surface area contributed by atoms with E-state index in [9.17, 15) is 9.59 Å². The molecule has 1 fully saturated rings. The predicted molar refractivity (Wildman–Crippen MR) is 79.3 cm³/mol. The summed E-state index contributed by atoms with van der Waals surface area (Å²) in [7, 11) is 0. The molecule has 1 aliphatic heterocycles. The average molecular weight is 312 g/mol. The number of amides is 2. The molecular weight excluding hydrogens is 294 g/mol. The molecule has 1 aromatic rings. The second-order valence-electron chi connectivity index (χ2n) is 4.76. The molecule has 7 heteroatoms. The van der Waals surface area contributed by atoms with Gasteiger partial charge in [0.25, 0.3) is 5.91 Å². The van der Waals surface area contributed by atoms with Crippen LogP contribution >= 0.6 is 11.6 Å². The van der Waals surface area contributed by atoms with Crippen molar-refractivity contribution in [3.8, 4) is 0 Å². The highest BCUT2D eigenvalue weighted by Gasteiger charge is 2.24. The first kappa shape index (κ1) is 15.6. The van der Waals surface area contributed by atoms with Crippen LogP contribution in [0.5, 0.6) is 0 Å². The van der Waals surface area contributed by atoms with E-state index in [1.165, 1.54) is 0 Å². The first-order valence-electron chi connectivity index (χ1n) is 6.74. The maximum atomic E-state index is 12.1. The monoisotopic (exact) mass is 311 g/mol. The van der Waals surface area contributed by atoms with Gasteiger partial charge in [0.15, 0.2) is 11.0 Å². The third-order valence-corrected chi connectivity index (χ3v) is 3.46. The van der Waals surface area contributed by atoms with Crippen LogP contribution in [0, 0.1) is 0 Å². The number of hydrogen-bond donors (Lipinski definition) is 1. The van der Waals surface area contributed by atoms with Gasteiger partial charge in [-0.3, -0.25) is 14.5 Å². The number of halogens is 1. The lowest BCUT2D eigenvalue weighted by Gasteiger charge is -2.33. The molecule has 0 saturated carbocycles.